The molecule has 25 heavy (non-hydrogen) atoms. The van der Waals surface area contributed by atoms with Gasteiger partial charge in [-0.2, -0.15) is 0 Å². The minimum atomic E-state index is -0.132. The average Bonchev–Trinajstić information content (AvgIpc) is 3.15. The summed E-state index contributed by atoms with van der Waals surface area (Å²) in [5.41, 5.74) is 1.42. The van der Waals surface area contributed by atoms with Gasteiger partial charge in [-0.05, 0) is 37.5 Å². The highest BCUT2D eigenvalue weighted by atomic mass is 35.5. The number of hydrogen-bond donors (Lipinski definition) is 1. The van der Waals surface area contributed by atoms with Gasteiger partial charge in [0, 0.05) is 23.7 Å². The maximum Gasteiger partial charge on any atom is 0.255 e. The van der Waals surface area contributed by atoms with Crippen LogP contribution >= 0.6 is 11.6 Å². The number of para-hydroxylation sites is 1. The van der Waals surface area contributed by atoms with Crippen molar-refractivity contribution in [2.45, 2.75) is 32.0 Å². The van der Waals surface area contributed by atoms with Gasteiger partial charge in [-0.3, -0.25) is 4.79 Å². The Balaban J connectivity index is 1.57. The lowest BCUT2D eigenvalue weighted by molar-refractivity contribution is 0.0903. The van der Waals surface area contributed by atoms with Gasteiger partial charge in [0.05, 0.1) is 11.7 Å². The molecule has 1 aliphatic rings. The standard InChI is InChI=1S/C20H22ClNO3/c21-18-9-3-1-6-15(18)14-25-19-10-4-2-8-17(19)20(23)22-12-11-16-7-5-13-24-16/h1-4,6,8-10,16H,5,7,11-14H2,(H,22,23). The minimum Gasteiger partial charge on any atom is -0.488 e. The summed E-state index contributed by atoms with van der Waals surface area (Å²) >= 11 is 6.15. The molecular formula is C20H22ClNO3. The summed E-state index contributed by atoms with van der Waals surface area (Å²) < 4.78 is 11.4. The Morgan fingerprint density at radius 3 is 2.80 bits per heavy atom. The van der Waals surface area contributed by atoms with Gasteiger partial charge in [0.25, 0.3) is 5.91 Å². The molecule has 1 saturated heterocycles. The SMILES string of the molecule is O=C(NCCC1CCCO1)c1ccccc1OCc1ccccc1Cl. The fourth-order valence-corrected chi connectivity index (χ4v) is 3.06. The smallest absolute Gasteiger partial charge is 0.255 e. The molecule has 2 aromatic rings. The number of carbonyl (C=O) groups is 1. The lowest BCUT2D eigenvalue weighted by atomic mass is 10.1. The lowest BCUT2D eigenvalue weighted by Gasteiger charge is -2.13. The van der Waals surface area contributed by atoms with Crippen LogP contribution < -0.4 is 10.1 Å². The molecule has 0 saturated carbocycles. The van der Waals surface area contributed by atoms with Gasteiger partial charge in [0.2, 0.25) is 0 Å². The van der Waals surface area contributed by atoms with E-state index in [1.54, 1.807) is 12.1 Å². The fraction of sp³-hybridized carbons (Fsp3) is 0.350. The van der Waals surface area contributed by atoms with Crippen LogP contribution in [0.3, 0.4) is 0 Å². The van der Waals surface area contributed by atoms with E-state index < -0.39 is 0 Å². The molecule has 5 heteroatoms. The molecule has 1 aliphatic heterocycles. The molecule has 1 fully saturated rings. The molecule has 0 spiro atoms. The lowest BCUT2D eigenvalue weighted by Crippen LogP contribution is -2.27. The van der Waals surface area contributed by atoms with Gasteiger partial charge in [0.15, 0.2) is 0 Å². The quantitative estimate of drug-likeness (QED) is 0.805. The molecule has 1 atom stereocenters. The Bertz CT molecular complexity index is 714. The summed E-state index contributed by atoms with van der Waals surface area (Å²) in [5.74, 6) is 0.421. The van der Waals surface area contributed by atoms with E-state index >= 15 is 0 Å². The molecule has 0 aromatic heterocycles. The zero-order valence-corrected chi connectivity index (χ0v) is 14.8. The monoisotopic (exact) mass is 359 g/mol. The number of carbonyl (C=O) groups excluding carboxylic acids is 1. The molecule has 3 rings (SSSR count). The summed E-state index contributed by atoms with van der Waals surface area (Å²) in [5, 5.41) is 3.60. The number of halogens is 1. The second kappa shape index (κ2) is 8.88. The van der Waals surface area contributed by atoms with E-state index in [4.69, 9.17) is 21.1 Å². The number of ether oxygens (including phenoxy) is 2. The Morgan fingerprint density at radius 1 is 1.20 bits per heavy atom. The van der Waals surface area contributed by atoms with Gasteiger partial charge in [0.1, 0.15) is 12.4 Å². The van der Waals surface area contributed by atoms with E-state index in [0.717, 1.165) is 31.4 Å². The summed E-state index contributed by atoms with van der Waals surface area (Å²) in [6.07, 6.45) is 3.30. The van der Waals surface area contributed by atoms with Gasteiger partial charge in [-0.1, -0.05) is 41.9 Å². The van der Waals surface area contributed by atoms with Crippen LogP contribution in [-0.2, 0) is 11.3 Å². The minimum absolute atomic E-state index is 0.132. The van der Waals surface area contributed by atoms with Gasteiger partial charge in [-0.25, -0.2) is 0 Å². The zero-order chi connectivity index (χ0) is 17.5. The molecule has 132 valence electrons. The molecule has 1 amide bonds. The van der Waals surface area contributed by atoms with Crippen molar-refractivity contribution >= 4 is 17.5 Å². The summed E-state index contributed by atoms with van der Waals surface area (Å²) in [6, 6.07) is 14.8. The van der Waals surface area contributed by atoms with Crippen molar-refractivity contribution in [1.29, 1.82) is 0 Å². The van der Waals surface area contributed by atoms with Crippen molar-refractivity contribution in [2.24, 2.45) is 0 Å². The zero-order valence-electron chi connectivity index (χ0n) is 14.0. The highest BCUT2D eigenvalue weighted by Gasteiger charge is 2.17. The van der Waals surface area contributed by atoms with E-state index in [1.807, 2.05) is 36.4 Å². The van der Waals surface area contributed by atoms with Gasteiger partial charge >= 0.3 is 0 Å². The van der Waals surface area contributed by atoms with E-state index in [1.165, 1.54) is 0 Å². The molecule has 1 unspecified atom stereocenters. The van der Waals surface area contributed by atoms with E-state index in [2.05, 4.69) is 5.32 Å². The van der Waals surface area contributed by atoms with Crippen molar-refractivity contribution in [3.05, 3.63) is 64.7 Å². The third-order valence-corrected chi connectivity index (χ3v) is 4.62. The first-order valence-electron chi connectivity index (χ1n) is 8.59. The van der Waals surface area contributed by atoms with E-state index in [0.29, 0.717) is 29.5 Å². The number of hydrogen-bond acceptors (Lipinski definition) is 3. The number of amides is 1. The van der Waals surface area contributed by atoms with E-state index in [-0.39, 0.29) is 12.0 Å². The largest absolute Gasteiger partial charge is 0.488 e. The molecular weight excluding hydrogens is 338 g/mol. The third-order valence-electron chi connectivity index (χ3n) is 4.25. The molecule has 4 nitrogen and oxygen atoms in total. The van der Waals surface area contributed by atoms with Gasteiger partial charge in [-0.15, -0.1) is 0 Å². The number of nitrogens with one attached hydrogen (secondary N) is 1. The predicted molar refractivity (Wildman–Crippen MR) is 98.2 cm³/mol. The molecule has 1 N–H and O–H groups in total. The summed E-state index contributed by atoms with van der Waals surface area (Å²) in [6.45, 7) is 1.75. The van der Waals surface area contributed by atoms with E-state index in [9.17, 15) is 4.79 Å². The van der Waals surface area contributed by atoms with Crippen molar-refractivity contribution < 1.29 is 14.3 Å². The Labute approximate surface area is 153 Å². The maximum absolute atomic E-state index is 12.5. The van der Waals surface area contributed by atoms with Crippen LogP contribution in [0.5, 0.6) is 5.75 Å². The van der Waals surface area contributed by atoms with Crippen LogP contribution in [0.1, 0.15) is 35.2 Å². The van der Waals surface area contributed by atoms with Crippen LogP contribution in [-0.4, -0.2) is 25.2 Å². The first kappa shape index (κ1) is 17.8. The van der Waals surface area contributed by atoms with Crippen LogP contribution in [0.15, 0.2) is 48.5 Å². The second-order valence-electron chi connectivity index (χ2n) is 6.06. The first-order valence-corrected chi connectivity index (χ1v) is 8.97. The Hall–Kier alpha value is -2.04. The molecule has 0 radical (unpaired) electrons. The molecule has 2 aromatic carbocycles. The molecule has 0 bridgehead atoms. The third kappa shape index (κ3) is 4.97. The topological polar surface area (TPSA) is 47.6 Å². The average molecular weight is 360 g/mol. The van der Waals surface area contributed by atoms with Crippen LogP contribution in [0.25, 0.3) is 0 Å². The Kier molecular flexibility index (Phi) is 6.31. The van der Waals surface area contributed by atoms with Crippen molar-refractivity contribution in [3.8, 4) is 5.75 Å². The van der Waals surface area contributed by atoms with Crippen LogP contribution in [0.2, 0.25) is 5.02 Å². The van der Waals surface area contributed by atoms with Crippen LogP contribution in [0.4, 0.5) is 0 Å². The van der Waals surface area contributed by atoms with Crippen molar-refractivity contribution in [2.75, 3.05) is 13.2 Å². The molecule has 1 heterocycles. The summed E-state index contributed by atoms with van der Waals surface area (Å²) in [7, 11) is 0. The summed E-state index contributed by atoms with van der Waals surface area (Å²) in [4.78, 5) is 12.5. The van der Waals surface area contributed by atoms with Gasteiger partial charge < -0.3 is 14.8 Å². The number of benzene rings is 2. The van der Waals surface area contributed by atoms with Crippen LogP contribution in [0, 0.1) is 0 Å². The Morgan fingerprint density at radius 2 is 2.00 bits per heavy atom. The highest BCUT2D eigenvalue weighted by molar-refractivity contribution is 6.31. The number of rotatable bonds is 7. The highest BCUT2D eigenvalue weighted by Crippen LogP contribution is 2.22. The van der Waals surface area contributed by atoms with Crippen molar-refractivity contribution in [1.82, 2.24) is 5.32 Å². The molecule has 0 aliphatic carbocycles. The second-order valence-corrected chi connectivity index (χ2v) is 6.46. The fourth-order valence-electron chi connectivity index (χ4n) is 2.86. The maximum atomic E-state index is 12.5. The predicted octanol–water partition coefficient (Wildman–Crippen LogP) is 4.22. The van der Waals surface area contributed by atoms with Crippen molar-refractivity contribution in [3.63, 3.8) is 0 Å². The first-order chi connectivity index (χ1) is 12.2. The normalized spacial score (nSPS) is 16.6.